The van der Waals surface area contributed by atoms with E-state index in [1.807, 2.05) is 0 Å². The Morgan fingerprint density at radius 3 is 2.44 bits per heavy atom. The van der Waals surface area contributed by atoms with Gasteiger partial charge in [0.15, 0.2) is 0 Å². The summed E-state index contributed by atoms with van der Waals surface area (Å²) in [5.41, 5.74) is 0.130. The molecule has 0 aromatic carbocycles. The van der Waals surface area contributed by atoms with Gasteiger partial charge in [-0.2, -0.15) is 0 Å². The van der Waals surface area contributed by atoms with Crippen LogP contribution in [0.15, 0.2) is 0 Å². The molecule has 0 aliphatic carbocycles. The van der Waals surface area contributed by atoms with Crippen molar-refractivity contribution in [1.29, 1.82) is 0 Å². The van der Waals surface area contributed by atoms with Crippen LogP contribution >= 0.6 is 11.8 Å². The van der Waals surface area contributed by atoms with Gasteiger partial charge in [0.2, 0.25) is 0 Å². The first-order chi connectivity index (χ1) is 7.81. The summed E-state index contributed by atoms with van der Waals surface area (Å²) in [4.78, 5) is 0. The van der Waals surface area contributed by atoms with Crippen molar-refractivity contribution < 1.29 is 18.6 Å². The maximum Gasteiger partial charge on any atom is 0.457 e. The largest absolute Gasteiger partial charge is 0.457 e. The van der Waals surface area contributed by atoms with Crippen molar-refractivity contribution in [2.24, 2.45) is 0 Å². The van der Waals surface area contributed by atoms with Crippen LogP contribution in [-0.4, -0.2) is 43.7 Å². The standard InChI is InChI=1S/C9H16B2O4S/c1-3-10-12-6-5-16-9-8(7(6)13-10)14-11(4-2)15-9/h6-9H,3-5H2,1-2H3/t6-,7-,8-,9+/m1/s1. The van der Waals surface area contributed by atoms with Crippen LogP contribution in [0.4, 0.5) is 0 Å². The van der Waals surface area contributed by atoms with Crippen LogP contribution in [0.2, 0.25) is 12.6 Å². The Labute approximate surface area is 101 Å². The van der Waals surface area contributed by atoms with Gasteiger partial charge in [0.05, 0.1) is 12.2 Å². The lowest BCUT2D eigenvalue weighted by molar-refractivity contribution is 0.0388. The summed E-state index contributed by atoms with van der Waals surface area (Å²) in [6.07, 6.45) is 2.07. The third-order valence-electron chi connectivity index (χ3n) is 3.28. The van der Waals surface area contributed by atoms with Crippen molar-refractivity contribution in [3.63, 3.8) is 0 Å². The van der Waals surface area contributed by atoms with Gasteiger partial charge in [0.25, 0.3) is 0 Å². The summed E-state index contributed by atoms with van der Waals surface area (Å²) in [5.74, 6) is 0.947. The van der Waals surface area contributed by atoms with E-state index in [4.69, 9.17) is 18.6 Å². The van der Waals surface area contributed by atoms with Gasteiger partial charge >= 0.3 is 14.2 Å². The van der Waals surface area contributed by atoms with Crippen LogP contribution in [0.5, 0.6) is 0 Å². The van der Waals surface area contributed by atoms with Crippen molar-refractivity contribution in [3.8, 4) is 0 Å². The van der Waals surface area contributed by atoms with Gasteiger partial charge in [0.1, 0.15) is 11.5 Å². The molecule has 0 spiro atoms. The lowest BCUT2D eigenvalue weighted by Crippen LogP contribution is -2.45. The van der Waals surface area contributed by atoms with E-state index in [1.54, 1.807) is 11.8 Å². The summed E-state index contributed by atoms with van der Waals surface area (Å²) < 4.78 is 23.4. The van der Waals surface area contributed by atoms with Crippen LogP contribution in [0.3, 0.4) is 0 Å². The molecule has 3 rings (SSSR count). The minimum absolute atomic E-state index is 0.0465. The van der Waals surface area contributed by atoms with Gasteiger partial charge < -0.3 is 18.6 Å². The molecule has 0 aromatic rings. The molecule has 0 N–H and O–H groups in total. The third kappa shape index (κ3) is 1.82. The highest BCUT2D eigenvalue weighted by atomic mass is 32.2. The first kappa shape index (κ1) is 11.4. The van der Waals surface area contributed by atoms with E-state index in [2.05, 4.69) is 13.8 Å². The normalized spacial score (nSPS) is 42.4. The molecule has 0 saturated carbocycles. The van der Waals surface area contributed by atoms with Gasteiger partial charge in [0, 0.05) is 5.75 Å². The first-order valence-electron chi connectivity index (χ1n) is 6.05. The maximum atomic E-state index is 5.88. The van der Waals surface area contributed by atoms with E-state index in [1.165, 1.54) is 0 Å². The smallest absolute Gasteiger partial charge is 0.405 e. The molecule has 4 nitrogen and oxygen atoms in total. The zero-order valence-electron chi connectivity index (χ0n) is 9.63. The van der Waals surface area contributed by atoms with Crippen molar-refractivity contribution in [1.82, 2.24) is 0 Å². The number of fused-ring (bicyclic) bond motifs is 3. The molecule has 0 unspecified atom stereocenters. The Hall–Kier alpha value is 0.320. The second-order valence-corrected chi connectivity index (χ2v) is 5.52. The fourth-order valence-corrected chi connectivity index (χ4v) is 3.69. The highest BCUT2D eigenvalue weighted by Crippen LogP contribution is 2.40. The monoisotopic (exact) mass is 242 g/mol. The van der Waals surface area contributed by atoms with E-state index >= 15 is 0 Å². The van der Waals surface area contributed by atoms with Gasteiger partial charge in [-0.3, -0.25) is 0 Å². The predicted molar refractivity (Wildman–Crippen MR) is 64.4 cm³/mol. The number of rotatable bonds is 2. The lowest BCUT2D eigenvalue weighted by Gasteiger charge is -2.32. The molecule has 3 saturated heterocycles. The molecule has 7 heteroatoms. The molecule has 88 valence electrons. The topological polar surface area (TPSA) is 36.9 Å². The highest BCUT2D eigenvalue weighted by Gasteiger charge is 2.54. The zero-order valence-corrected chi connectivity index (χ0v) is 10.4. The van der Waals surface area contributed by atoms with Gasteiger partial charge in [-0.15, -0.1) is 11.8 Å². The summed E-state index contributed by atoms with van der Waals surface area (Å²) in [6.45, 7) is 4.15. The van der Waals surface area contributed by atoms with Gasteiger partial charge in [-0.25, -0.2) is 0 Å². The van der Waals surface area contributed by atoms with Crippen LogP contribution < -0.4 is 0 Å². The van der Waals surface area contributed by atoms with Crippen LogP contribution in [-0.2, 0) is 18.6 Å². The van der Waals surface area contributed by atoms with Crippen molar-refractivity contribution in [3.05, 3.63) is 0 Å². The fourth-order valence-electron chi connectivity index (χ4n) is 2.43. The average molecular weight is 242 g/mol. The second kappa shape index (κ2) is 4.53. The first-order valence-corrected chi connectivity index (χ1v) is 7.10. The van der Waals surface area contributed by atoms with Gasteiger partial charge in [-0.05, 0) is 12.6 Å². The Balaban J connectivity index is 1.71. The number of hydrogen-bond acceptors (Lipinski definition) is 5. The second-order valence-electron chi connectivity index (χ2n) is 4.39. The average Bonchev–Trinajstić information content (AvgIpc) is 2.90. The molecule has 0 bridgehead atoms. The molecule has 0 amide bonds. The van der Waals surface area contributed by atoms with E-state index in [0.29, 0.717) is 0 Å². The van der Waals surface area contributed by atoms with E-state index in [9.17, 15) is 0 Å². The molecule has 4 atom stereocenters. The van der Waals surface area contributed by atoms with Gasteiger partial charge in [-0.1, -0.05) is 13.8 Å². The van der Waals surface area contributed by atoms with Crippen molar-refractivity contribution in [2.75, 3.05) is 5.75 Å². The molecule has 0 radical (unpaired) electrons. The zero-order chi connectivity index (χ0) is 11.1. The summed E-state index contributed by atoms with van der Waals surface area (Å²) >= 11 is 1.79. The summed E-state index contributed by atoms with van der Waals surface area (Å²) in [7, 11) is -0.121. The predicted octanol–water partition coefficient (Wildman–Crippen LogP) is 1.27. The maximum absolute atomic E-state index is 5.88. The van der Waals surface area contributed by atoms with E-state index < -0.39 is 0 Å². The van der Waals surface area contributed by atoms with Crippen LogP contribution in [0.1, 0.15) is 13.8 Å². The number of hydrogen-bond donors (Lipinski definition) is 0. The molecular formula is C9H16B2O4S. The van der Waals surface area contributed by atoms with E-state index in [-0.39, 0.29) is 38.0 Å². The van der Waals surface area contributed by atoms with E-state index in [0.717, 1.165) is 18.4 Å². The fraction of sp³-hybridized carbons (Fsp3) is 1.00. The Morgan fingerprint density at radius 2 is 1.69 bits per heavy atom. The highest BCUT2D eigenvalue weighted by molar-refractivity contribution is 7.99. The summed E-state index contributed by atoms with van der Waals surface area (Å²) in [6, 6.07) is 0. The number of thioether (sulfide) groups is 1. The minimum Gasteiger partial charge on any atom is -0.405 e. The lowest BCUT2D eigenvalue weighted by atomic mass is 9.86. The molecule has 3 aliphatic rings. The van der Waals surface area contributed by atoms with Crippen molar-refractivity contribution in [2.45, 2.75) is 50.2 Å². The molecule has 16 heavy (non-hydrogen) atoms. The van der Waals surface area contributed by atoms with Crippen LogP contribution in [0, 0.1) is 0 Å². The molecule has 3 heterocycles. The Morgan fingerprint density at radius 1 is 1.00 bits per heavy atom. The Kier molecular flexibility index (Phi) is 3.23. The molecular weight excluding hydrogens is 226 g/mol. The summed E-state index contributed by atoms with van der Waals surface area (Å²) in [5, 5.41) is 0. The quantitative estimate of drug-likeness (QED) is 0.681. The van der Waals surface area contributed by atoms with Crippen molar-refractivity contribution >= 4 is 26.0 Å². The molecule has 0 aromatic heterocycles. The molecule has 3 fully saturated rings. The SMILES string of the molecule is CCB1O[C@H]2[C@H]3OB(CC)O[C@H]3SC[C@H]2O1. The third-order valence-corrected chi connectivity index (χ3v) is 4.51. The minimum atomic E-state index is -0.0643. The molecule has 3 aliphatic heterocycles. The van der Waals surface area contributed by atoms with Crippen LogP contribution in [0.25, 0.3) is 0 Å². The Bertz CT molecular complexity index is 244.